The van der Waals surface area contributed by atoms with Gasteiger partial charge in [0.2, 0.25) is 5.82 Å². The predicted octanol–water partition coefficient (Wildman–Crippen LogP) is 4.68. The second-order valence-electron chi connectivity index (χ2n) is 4.07. The Morgan fingerprint density at radius 3 is 2.71 bits per heavy atom. The summed E-state index contributed by atoms with van der Waals surface area (Å²) >= 11 is 12.5. The minimum absolute atomic E-state index is 0.0273. The highest BCUT2D eigenvalue weighted by atomic mass is 79.9. The number of rotatable bonds is 2. The maximum Gasteiger partial charge on any atom is 0.262 e. The summed E-state index contributed by atoms with van der Waals surface area (Å²) in [5, 5.41) is 14.2. The van der Waals surface area contributed by atoms with Gasteiger partial charge < -0.3 is 9.63 Å². The van der Waals surface area contributed by atoms with Crippen LogP contribution in [-0.4, -0.2) is 20.2 Å². The van der Waals surface area contributed by atoms with Crippen molar-refractivity contribution in [2.45, 2.75) is 0 Å². The Hall–Kier alpha value is -1.44. The van der Waals surface area contributed by atoms with E-state index in [0.29, 0.717) is 22.1 Å². The minimum atomic E-state index is -0.0273. The van der Waals surface area contributed by atoms with E-state index >= 15 is 0 Å². The molecule has 0 saturated carbocycles. The molecule has 8 heteroatoms. The van der Waals surface area contributed by atoms with Gasteiger partial charge in [0.15, 0.2) is 0 Å². The normalized spacial score (nSPS) is 10.8. The van der Waals surface area contributed by atoms with Crippen LogP contribution in [0.15, 0.2) is 43.9 Å². The molecule has 106 valence electrons. The van der Waals surface area contributed by atoms with Gasteiger partial charge in [-0.2, -0.15) is 4.98 Å². The van der Waals surface area contributed by atoms with Crippen LogP contribution in [-0.2, 0) is 0 Å². The van der Waals surface area contributed by atoms with Gasteiger partial charge in [-0.15, -0.1) is 0 Å². The molecule has 2 heterocycles. The Morgan fingerprint density at radius 2 is 2.00 bits per heavy atom. The topological polar surface area (TPSA) is 72.0 Å². The summed E-state index contributed by atoms with van der Waals surface area (Å²) in [5.41, 5.74) is 0.952. The molecule has 2 aromatic heterocycles. The highest BCUT2D eigenvalue weighted by molar-refractivity contribution is 9.11. The van der Waals surface area contributed by atoms with Crippen LogP contribution in [0.5, 0.6) is 5.75 Å². The van der Waals surface area contributed by atoms with Crippen LogP contribution >= 0.6 is 43.5 Å². The van der Waals surface area contributed by atoms with Gasteiger partial charge in [-0.25, -0.2) is 0 Å². The molecule has 0 saturated heterocycles. The minimum Gasteiger partial charge on any atom is -0.507 e. The van der Waals surface area contributed by atoms with E-state index < -0.39 is 0 Å². The standard InChI is InChI=1S/C13H6Br2ClN3O2/c14-6-3-9(15)11(17-5-6)12-18-13(21-19-12)8-2-1-7(16)4-10(8)20/h1-5,20H. The Bertz CT molecular complexity index is 757. The lowest BCUT2D eigenvalue weighted by Gasteiger charge is -1.99. The van der Waals surface area contributed by atoms with Crippen molar-refractivity contribution in [3.63, 3.8) is 0 Å². The van der Waals surface area contributed by atoms with Gasteiger partial charge in [-0.3, -0.25) is 4.98 Å². The van der Waals surface area contributed by atoms with Crippen LogP contribution in [0.3, 0.4) is 0 Å². The first-order valence-electron chi connectivity index (χ1n) is 5.68. The van der Waals surface area contributed by atoms with E-state index in [4.69, 9.17) is 16.1 Å². The van der Waals surface area contributed by atoms with Gasteiger partial charge in [-0.05, 0) is 56.1 Å². The van der Waals surface area contributed by atoms with E-state index in [1.54, 1.807) is 18.3 Å². The van der Waals surface area contributed by atoms with Crippen molar-refractivity contribution in [1.29, 1.82) is 0 Å². The number of aromatic nitrogens is 3. The Kier molecular flexibility index (Phi) is 3.97. The number of halogens is 3. The molecular weight excluding hydrogens is 425 g/mol. The lowest BCUT2D eigenvalue weighted by Crippen LogP contribution is -1.88. The SMILES string of the molecule is Oc1cc(Cl)ccc1-c1nc(-c2ncc(Br)cc2Br)no1. The molecule has 3 rings (SSSR count). The number of phenols is 1. The van der Waals surface area contributed by atoms with Crippen LogP contribution in [0.1, 0.15) is 0 Å². The molecule has 0 atom stereocenters. The van der Waals surface area contributed by atoms with E-state index in [2.05, 4.69) is 47.0 Å². The summed E-state index contributed by atoms with van der Waals surface area (Å²) in [6.07, 6.45) is 1.63. The average Bonchev–Trinajstić information content (AvgIpc) is 2.87. The number of aromatic hydroxyl groups is 1. The highest BCUT2D eigenvalue weighted by Gasteiger charge is 2.17. The summed E-state index contributed by atoms with van der Waals surface area (Å²) in [6.45, 7) is 0. The fraction of sp³-hybridized carbons (Fsp3) is 0. The number of benzene rings is 1. The molecule has 0 aliphatic heterocycles. The number of nitrogens with zero attached hydrogens (tertiary/aromatic N) is 3. The van der Waals surface area contributed by atoms with Crippen LogP contribution in [0.2, 0.25) is 5.02 Å². The molecule has 3 aromatic rings. The third kappa shape index (κ3) is 2.95. The van der Waals surface area contributed by atoms with E-state index in [9.17, 15) is 5.11 Å². The smallest absolute Gasteiger partial charge is 0.262 e. The molecule has 5 nitrogen and oxygen atoms in total. The van der Waals surface area contributed by atoms with Gasteiger partial charge >= 0.3 is 0 Å². The molecule has 0 bridgehead atoms. The number of hydrogen-bond acceptors (Lipinski definition) is 5. The molecule has 0 spiro atoms. The Labute approximate surface area is 141 Å². The summed E-state index contributed by atoms with van der Waals surface area (Å²) in [4.78, 5) is 8.47. The van der Waals surface area contributed by atoms with Gasteiger partial charge in [0.05, 0.1) is 5.56 Å². The second-order valence-corrected chi connectivity index (χ2v) is 6.28. The molecule has 0 amide bonds. The van der Waals surface area contributed by atoms with Crippen LogP contribution in [0, 0.1) is 0 Å². The molecule has 0 radical (unpaired) electrons. The van der Waals surface area contributed by atoms with Crippen molar-refractivity contribution in [2.75, 3.05) is 0 Å². The molecular formula is C13H6Br2ClN3O2. The van der Waals surface area contributed by atoms with Crippen LogP contribution < -0.4 is 0 Å². The lowest BCUT2D eigenvalue weighted by atomic mass is 10.2. The predicted molar refractivity (Wildman–Crippen MR) is 85.0 cm³/mol. The van der Waals surface area contributed by atoms with E-state index in [-0.39, 0.29) is 11.6 Å². The molecule has 0 unspecified atom stereocenters. The highest BCUT2D eigenvalue weighted by Crippen LogP contribution is 2.33. The maximum atomic E-state index is 9.87. The van der Waals surface area contributed by atoms with Crippen molar-refractivity contribution in [3.8, 4) is 28.7 Å². The van der Waals surface area contributed by atoms with E-state index in [0.717, 1.165) is 8.95 Å². The summed E-state index contributed by atoms with van der Waals surface area (Å²) in [6, 6.07) is 6.49. The number of hydrogen-bond donors (Lipinski definition) is 1. The molecule has 0 aliphatic rings. The number of pyridine rings is 1. The van der Waals surface area contributed by atoms with Gasteiger partial charge in [-0.1, -0.05) is 16.8 Å². The van der Waals surface area contributed by atoms with Crippen LogP contribution in [0.4, 0.5) is 0 Å². The third-order valence-electron chi connectivity index (χ3n) is 2.64. The van der Waals surface area contributed by atoms with Gasteiger partial charge in [0.1, 0.15) is 11.4 Å². The molecule has 0 aliphatic carbocycles. The molecule has 1 N–H and O–H groups in total. The van der Waals surface area contributed by atoms with Crippen LogP contribution in [0.25, 0.3) is 23.0 Å². The second kappa shape index (κ2) is 5.75. The first-order valence-corrected chi connectivity index (χ1v) is 7.65. The third-order valence-corrected chi connectivity index (χ3v) is 3.91. The largest absolute Gasteiger partial charge is 0.507 e. The zero-order valence-electron chi connectivity index (χ0n) is 10.2. The first-order chi connectivity index (χ1) is 10.0. The molecule has 21 heavy (non-hydrogen) atoms. The van der Waals surface area contributed by atoms with Gasteiger partial charge in [0.25, 0.3) is 5.89 Å². The van der Waals surface area contributed by atoms with Crippen molar-refractivity contribution >= 4 is 43.5 Å². The average molecular weight is 431 g/mol. The Morgan fingerprint density at radius 1 is 1.19 bits per heavy atom. The van der Waals surface area contributed by atoms with E-state index in [1.165, 1.54) is 6.07 Å². The van der Waals surface area contributed by atoms with Gasteiger partial charge in [0, 0.05) is 20.2 Å². The zero-order chi connectivity index (χ0) is 15.0. The summed E-state index contributed by atoms with van der Waals surface area (Å²) in [7, 11) is 0. The summed E-state index contributed by atoms with van der Waals surface area (Å²) < 4.78 is 6.73. The lowest BCUT2D eigenvalue weighted by molar-refractivity contribution is 0.425. The van der Waals surface area contributed by atoms with Crippen molar-refractivity contribution in [3.05, 3.63) is 44.4 Å². The van der Waals surface area contributed by atoms with Crippen molar-refractivity contribution in [1.82, 2.24) is 15.1 Å². The van der Waals surface area contributed by atoms with Crippen molar-refractivity contribution < 1.29 is 9.63 Å². The number of phenolic OH excluding ortho intramolecular Hbond substituents is 1. The fourth-order valence-corrected chi connectivity index (χ4v) is 3.02. The zero-order valence-corrected chi connectivity index (χ0v) is 14.1. The first kappa shape index (κ1) is 14.5. The fourth-order valence-electron chi connectivity index (χ4n) is 1.69. The quantitative estimate of drug-likeness (QED) is 0.638. The monoisotopic (exact) mass is 429 g/mol. The van der Waals surface area contributed by atoms with Crippen molar-refractivity contribution in [2.24, 2.45) is 0 Å². The maximum absolute atomic E-state index is 9.87. The molecule has 1 aromatic carbocycles. The molecule has 0 fully saturated rings. The van der Waals surface area contributed by atoms with E-state index in [1.807, 2.05) is 6.07 Å². The Balaban J connectivity index is 2.03. The summed E-state index contributed by atoms with van der Waals surface area (Å²) in [5.74, 6) is 0.482.